The Kier molecular flexibility index (Phi) is 8.38. The second-order valence-corrected chi connectivity index (χ2v) is 12.6. The molecule has 1 unspecified atom stereocenters. The van der Waals surface area contributed by atoms with Crippen LogP contribution in [0.3, 0.4) is 0 Å². The summed E-state index contributed by atoms with van der Waals surface area (Å²) >= 11 is 3.00. The molecule has 1 N–H and O–H groups in total. The summed E-state index contributed by atoms with van der Waals surface area (Å²) in [4.78, 5) is 14.2. The van der Waals surface area contributed by atoms with Crippen molar-refractivity contribution in [2.24, 2.45) is 11.3 Å². The number of carbonyl (C=O) groups is 1. The van der Waals surface area contributed by atoms with Gasteiger partial charge in [-0.15, -0.1) is 28.1 Å². The first-order chi connectivity index (χ1) is 16.9. The molecular formula is C27H37N5OS2. The molecule has 2 aliphatic carbocycles. The molecule has 2 heterocycles. The summed E-state index contributed by atoms with van der Waals surface area (Å²) in [5, 5.41) is 23.3. The van der Waals surface area contributed by atoms with E-state index in [2.05, 4.69) is 53.5 Å². The molecule has 0 bridgehead atoms. The number of nitriles is 1. The highest BCUT2D eigenvalue weighted by molar-refractivity contribution is 7.99. The zero-order chi connectivity index (χ0) is 25.0. The van der Waals surface area contributed by atoms with E-state index in [1.54, 1.807) is 11.3 Å². The highest BCUT2D eigenvalue weighted by Gasteiger charge is 2.34. The largest absolute Gasteiger partial charge is 0.316 e. The van der Waals surface area contributed by atoms with Crippen LogP contribution in [-0.2, 0) is 24.2 Å². The molecular weight excluding hydrogens is 474 g/mol. The SMILES string of the molecule is C=CCn1c(SCC(=O)Nc2sc3c(c2C#N)CCC(C(C)(C)CC)C3)nnc1C1CCCCC1. The highest BCUT2D eigenvalue weighted by atomic mass is 32.2. The predicted octanol–water partition coefficient (Wildman–Crippen LogP) is 6.72. The lowest BCUT2D eigenvalue weighted by Crippen LogP contribution is -2.28. The third-order valence-electron chi connectivity index (χ3n) is 8.01. The molecule has 0 radical (unpaired) electrons. The second-order valence-electron chi connectivity index (χ2n) is 10.5. The molecule has 0 spiro atoms. The second kappa shape index (κ2) is 11.3. The van der Waals surface area contributed by atoms with Crippen LogP contribution in [0.4, 0.5) is 5.00 Å². The standard InChI is InChI=1S/C27H37N5OS2/c1-5-14-32-24(18-10-8-7-9-11-18)30-31-26(32)34-17-23(33)29-25-21(16-28)20-13-12-19(15-22(20)35-25)27(3,4)6-2/h5,18-19H,1,6-15,17H2,2-4H3,(H,29,33). The molecule has 1 amide bonds. The number of hydrogen-bond donors (Lipinski definition) is 1. The van der Waals surface area contributed by atoms with Crippen molar-refractivity contribution in [1.29, 1.82) is 5.26 Å². The first-order valence-corrected chi connectivity index (χ1v) is 14.7. The molecule has 0 aromatic carbocycles. The molecule has 4 rings (SSSR count). The van der Waals surface area contributed by atoms with Gasteiger partial charge in [-0.2, -0.15) is 5.26 Å². The smallest absolute Gasteiger partial charge is 0.235 e. The normalized spacial score (nSPS) is 18.6. The summed E-state index contributed by atoms with van der Waals surface area (Å²) < 4.78 is 2.11. The van der Waals surface area contributed by atoms with E-state index in [0.717, 1.165) is 55.1 Å². The maximum absolute atomic E-state index is 12.9. The molecule has 1 atom stereocenters. The van der Waals surface area contributed by atoms with E-state index in [0.29, 0.717) is 28.9 Å². The van der Waals surface area contributed by atoms with Gasteiger partial charge in [0.05, 0.1) is 11.3 Å². The van der Waals surface area contributed by atoms with Crippen molar-refractivity contribution in [1.82, 2.24) is 14.8 Å². The van der Waals surface area contributed by atoms with Crippen molar-refractivity contribution in [2.45, 2.75) is 96.2 Å². The van der Waals surface area contributed by atoms with Gasteiger partial charge in [0.2, 0.25) is 5.91 Å². The van der Waals surface area contributed by atoms with Crippen molar-refractivity contribution in [2.75, 3.05) is 11.1 Å². The number of anilines is 1. The summed E-state index contributed by atoms with van der Waals surface area (Å²) in [6.07, 6.45) is 12.1. The Morgan fingerprint density at radius 2 is 2.09 bits per heavy atom. The first-order valence-electron chi connectivity index (χ1n) is 12.9. The lowest BCUT2D eigenvalue weighted by atomic mass is 9.69. The van der Waals surface area contributed by atoms with E-state index >= 15 is 0 Å². The number of carbonyl (C=O) groups excluding carboxylic acids is 1. The van der Waals surface area contributed by atoms with Gasteiger partial charge in [-0.05, 0) is 49.0 Å². The minimum atomic E-state index is -0.108. The molecule has 0 aliphatic heterocycles. The minimum absolute atomic E-state index is 0.108. The number of thiophene rings is 1. The Bertz CT molecular complexity index is 1100. The summed E-state index contributed by atoms with van der Waals surface area (Å²) in [6.45, 7) is 11.5. The molecule has 2 aliphatic rings. The van der Waals surface area contributed by atoms with Crippen molar-refractivity contribution in [3.8, 4) is 6.07 Å². The van der Waals surface area contributed by atoms with Crippen LogP contribution >= 0.6 is 23.1 Å². The zero-order valence-corrected chi connectivity index (χ0v) is 22.9. The van der Waals surface area contributed by atoms with E-state index in [9.17, 15) is 10.1 Å². The Morgan fingerprint density at radius 3 is 2.77 bits per heavy atom. The fraction of sp³-hybridized carbons (Fsp3) is 0.630. The number of nitrogens with zero attached hydrogens (tertiary/aromatic N) is 4. The summed E-state index contributed by atoms with van der Waals surface area (Å²) in [7, 11) is 0. The monoisotopic (exact) mass is 511 g/mol. The van der Waals surface area contributed by atoms with E-state index in [-0.39, 0.29) is 17.1 Å². The zero-order valence-electron chi connectivity index (χ0n) is 21.2. The molecule has 6 nitrogen and oxygen atoms in total. The van der Waals surface area contributed by atoms with Gasteiger partial charge in [-0.25, -0.2) is 0 Å². The van der Waals surface area contributed by atoms with Gasteiger partial charge in [-0.3, -0.25) is 4.79 Å². The van der Waals surface area contributed by atoms with E-state index in [4.69, 9.17) is 0 Å². The number of hydrogen-bond acceptors (Lipinski definition) is 6. The average Bonchev–Trinajstić information content (AvgIpc) is 3.43. The van der Waals surface area contributed by atoms with E-state index < -0.39 is 0 Å². The summed E-state index contributed by atoms with van der Waals surface area (Å²) in [5.74, 6) is 2.20. The van der Waals surface area contributed by atoms with E-state index in [1.165, 1.54) is 35.9 Å². The lowest BCUT2D eigenvalue weighted by molar-refractivity contribution is -0.113. The topological polar surface area (TPSA) is 83.6 Å². The average molecular weight is 512 g/mol. The maximum atomic E-state index is 12.9. The highest BCUT2D eigenvalue weighted by Crippen LogP contribution is 2.45. The van der Waals surface area contributed by atoms with Gasteiger partial charge in [0.15, 0.2) is 5.16 Å². The summed E-state index contributed by atoms with van der Waals surface area (Å²) in [5.41, 5.74) is 2.09. The Morgan fingerprint density at radius 1 is 1.31 bits per heavy atom. The van der Waals surface area contributed by atoms with Gasteiger partial charge in [0.1, 0.15) is 16.9 Å². The van der Waals surface area contributed by atoms with Gasteiger partial charge in [0.25, 0.3) is 0 Å². The van der Waals surface area contributed by atoms with Gasteiger partial charge in [-0.1, -0.05) is 64.3 Å². The minimum Gasteiger partial charge on any atom is -0.316 e. The van der Waals surface area contributed by atoms with Crippen molar-refractivity contribution < 1.29 is 4.79 Å². The number of nitrogens with one attached hydrogen (secondary N) is 1. The third-order valence-corrected chi connectivity index (χ3v) is 10.1. The first kappa shape index (κ1) is 26.0. The summed E-state index contributed by atoms with van der Waals surface area (Å²) in [6, 6.07) is 2.37. The molecule has 2 aromatic heterocycles. The number of rotatable bonds is 9. The molecule has 0 saturated heterocycles. The molecule has 35 heavy (non-hydrogen) atoms. The fourth-order valence-corrected chi connectivity index (χ4v) is 7.46. The van der Waals surface area contributed by atoms with Crippen LogP contribution in [0.5, 0.6) is 0 Å². The quantitative estimate of drug-likeness (QED) is 0.298. The molecule has 1 fully saturated rings. The van der Waals surface area contributed by atoms with Crippen molar-refractivity contribution in [3.63, 3.8) is 0 Å². The molecule has 188 valence electrons. The Labute approximate surface area is 217 Å². The fourth-order valence-electron chi connectivity index (χ4n) is 5.41. The van der Waals surface area contributed by atoms with Crippen LogP contribution in [0.25, 0.3) is 0 Å². The lowest BCUT2D eigenvalue weighted by Gasteiger charge is -2.36. The van der Waals surface area contributed by atoms with Crippen LogP contribution in [0.1, 0.15) is 93.5 Å². The molecule has 2 aromatic rings. The third kappa shape index (κ3) is 5.67. The van der Waals surface area contributed by atoms with Gasteiger partial charge < -0.3 is 9.88 Å². The number of fused-ring (bicyclic) bond motifs is 1. The Hall–Kier alpha value is -2.11. The maximum Gasteiger partial charge on any atom is 0.235 e. The van der Waals surface area contributed by atoms with Crippen LogP contribution in [0.2, 0.25) is 0 Å². The number of thioether (sulfide) groups is 1. The van der Waals surface area contributed by atoms with Gasteiger partial charge >= 0.3 is 0 Å². The molecule has 1 saturated carbocycles. The van der Waals surface area contributed by atoms with Gasteiger partial charge in [0, 0.05) is 17.3 Å². The van der Waals surface area contributed by atoms with E-state index in [1.807, 2.05) is 6.08 Å². The molecule has 8 heteroatoms. The van der Waals surface area contributed by atoms with Crippen LogP contribution in [0.15, 0.2) is 17.8 Å². The Balaban J connectivity index is 1.43. The van der Waals surface area contributed by atoms with Crippen LogP contribution in [-0.4, -0.2) is 26.4 Å². The van der Waals surface area contributed by atoms with Crippen LogP contribution < -0.4 is 5.32 Å². The number of aromatic nitrogens is 3. The van der Waals surface area contributed by atoms with Crippen LogP contribution in [0, 0.1) is 22.7 Å². The number of amides is 1. The van der Waals surface area contributed by atoms with Crippen molar-refractivity contribution in [3.05, 3.63) is 34.5 Å². The van der Waals surface area contributed by atoms with Crippen molar-refractivity contribution >= 4 is 34.0 Å². The number of allylic oxidation sites excluding steroid dienone is 1. The predicted molar refractivity (Wildman–Crippen MR) is 144 cm³/mol.